The lowest BCUT2D eigenvalue weighted by Crippen LogP contribution is -2.59. The highest BCUT2D eigenvalue weighted by atomic mass is 16.5. The number of carboxylic acids is 1. The molecule has 68 heavy (non-hydrogen) atoms. The number of aliphatic carboxylic acids is 1. The molecule has 22 nitrogen and oxygen atoms in total. The van der Waals surface area contributed by atoms with Crippen LogP contribution in [0.1, 0.15) is 121 Å². The molecule has 0 unspecified atom stereocenters. The highest BCUT2D eigenvalue weighted by molar-refractivity contribution is 5.98. The van der Waals surface area contributed by atoms with Crippen molar-refractivity contribution in [3.05, 3.63) is 0 Å². The fraction of sp³-hybridized carbons (Fsp3) is 0.804. The molecular weight excluding hydrogens is 887 g/mol. The van der Waals surface area contributed by atoms with E-state index in [2.05, 4.69) is 31.9 Å². The van der Waals surface area contributed by atoms with E-state index in [4.69, 9.17) is 14.2 Å². The van der Waals surface area contributed by atoms with Gasteiger partial charge in [0.15, 0.2) is 6.04 Å². The van der Waals surface area contributed by atoms with Crippen molar-refractivity contribution in [3.63, 3.8) is 0 Å². The second-order valence-electron chi connectivity index (χ2n) is 21.0. The number of ether oxygens (including phenoxy) is 3. The summed E-state index contributed by atoms with van der Waals surface area (Å²) in [5, 5.41) is 25.8. The second-order valence-corrected chi connectivity index (χ2v) is 21.0. The number of carboxylic acid groups (broad SMARTS) is 1. The van der Waals surface area contributed by atoms with Crippen molar-refractivity contribution in [2.45, 2.75) is 186 Å². The standard InChI is InChI=1S/C46H77N9O13/c1-27(49-35(56)23-48-36(57)29(24-66-44(2,3)4)50-38(59)30(25-67-45(5,6)7)51-37(58)28-15-11-19-47-28)40(61)54-21-13-17-33(54)42(63)55-22-14-18-34(55)41(62)53-20-12-16-32(53)39(60)52-31(43(64)65)26-68-46(8,9)10/h27-34,47H,11-26H2,1-10H3,(H,48,57)(H,49,56)(H,50,59)(H,51,58)(H,52,60)(H,64,65)/t27-,28-,29-,30-,31-,32-,33-,34-/m0/s1. The minimum absolute atomic E-state index is 0.178. The Morgan fingerprint density at radius 3 is 1.53 bits per heavy atom. The van der Waals surface area contributed by atoms with Crippen LogP contribution in [0.2, 0.25) is 0 Å². The maximum atomic E-state index is 14.2. The molecule has 4 aliphatic heterocycles. The average molecular weight is 964 g/mol. The van der Waals surface area contributed by atoms with Crippen molar-refractivity contribution in [1.82, 2.24) is 46.6 Å². The number of nitrogens with one attached hydrogen (secondary N) is 6. The van der Waals surface area contributed by atoms with Gasteiger partial charge in [-0.15, -0.1) is 0 Å². The summed E-state index contributed by atoms with van der Waals surface area (Å²) in [6, 6.07) is -8.08. The van der Waals surface area contributed by atoms with E-state index in [0.29, 0.717) is 51.5 Å². The van der Waals surface area contributed by atoms with E-state index >= 15 is 0 Å². The van der Waals surface area contributed by atoms with Crippen LogP contribution in [0.4, 0.5) is 0 Å². The molecule has 7 N–H and O–H groups in total. The number of hydrogen-bond donors (Lipinski definition) is 7. The number of hydrogen-bond acceptors (Lipinski definition) is 13. The van der Waals surface area contributed by atoms with Gasteiger partial charge in [0.05, 0.1) is 49.2 Å². The van der Waals surface area contributed by atoms with Gasteiger partial charge in [0, 0.05) is 19.6 Å². The van der Waals surface area contributed by atoms with Crippen molar-refractivity contribution in [2.75, 3.05) is 52.5 Å². The molecule has 4 rings (SSSR count). The predicted molar refractivity (Wildman–Crippen MR) is 246 cm³/mol. The van der Waals surface area contributed by atoms with Crippen molar-refractivity contribution >= 4 is 53.2 Å². The largest absolute Gasteiger partial charge is 0.480 e. The molecule has 4 aliphatic rings. The lowest BCUT2D eigenvalue weighted by Gasteiger charge is -2.34. The molecular formula is C46H77N9O13. The Kier molecular flexibility index (Phi) is 19.7. The summed E-state index contributed by atoms with van der Waals surface area (Å²) in [4.78, 5) is 125. The molecule has 8 amide bonds. The van der Waals surface area contributed by atoms with Gasteiger partial charge in [-0.05, 0) is 127 Å². The van der Waals surface area contributed by atoms with Crippen molar-refractivity contribution in [2.24, 2.45) is 0 Å². The molecule has 4 fully saturated rings. The van der Waals surface area contributed by atoms with Crippen LogP contribution in [0.25, 0.3) is 0 Å². The number of carbonyl (C=O) groups excluding carboxylic acids is 8. The van der Waals surface area contributed by atoms with Gasteiger partial charge in [0.25, 0.3) is 0 Å². The maximum Gasteiger partial charge on any atom is 0.328 e. The first-order chi connectivity index (χ1) is 31.7. The monoisotopic (exact) mass is 964 g/mol. The zero-order valence-electron chi connectivity index (χ0n) is 41.6. The number of nitrogens with zero attached hydrogens (tertiary/aromatic N) is 3. The van der Waals surface area contributed by atoms with Crippen molar-refractivity contribution < 1.29 is 62.5 Å². The van der Waals surface area contributed by atoms with E-state index in [1.54, 1.807) is 62.3 Å². The van der Waals surface area contributed by atoms with Crippen LogP contribution in [0, 0.1) is 0 Å². The van der Waals surface area contributed by atoms with E-state index in [-0.39, 0.29) is 45.4 Å². The third kappa shape index (κ3) is 16.6. The van der Waals surface area contributed by atoms with Crippen LogP contribution in [-0.2, 0) is 57.4 Å². The maximum absolute atomic E-state index is 14.2. The molecule has 0 spiro atoms. The normalized spacial score (nSPS) is 22.8. The molecule has 0 radical (unpaired) electrons. The van der Waals surface area contributed by atoms with Crippen molar-refractivity contribution in [1.29, 1.82) is 0 Å². The third-order valence-electron chi connectivity index (χ3n) is 12.0. The molecule has 0 aliphatic carbocycles. The van der Waals surface area contributed by atoms with Crippen LogP contribution in [-0.4, -0.2) is 191 Å². The highest BCUT2D eigenvalue weighted by Gasteiger charge is 2.46. The third-order valence-corrected chi connectivity index (χ3v) is 12.0. The summed E-state index contributed by atoms with van der Waals surface area (Å²) in [7, 11) is 0. The summed E-state index contributed by atoms with van der Waals surface area (Å²) in [6.07, 6.45) is 3.93. The lowest BCUT2D eigenvalue weighted by atomic mass is 10.1. The summed E-state index contributed by atoms with van der Waals surface area (Å²) in [6.45, 7) is 17.6. The lowest BCUT2D eigenvalue weighted by molar-refractivity contribution is -0.151. The summed E-state index contributed by atoms with van der Waals surface area (Å²) < 4.78 is 17.3. The van der Waals surface area contributed by atoms with Crippen LogP contribution in [0.3, 0.4) is 0 Å². The van der Waals surface area contributed by atoms with Crippen molar-refractivity contribution in [3.8, 4) is 0 Å². The smallest absolute Gasteiger partial charge is 0.328 e. The molecule has 0 aromatic heterocycles. The van der Waals surface area contributed by atoms with Crippen LogP contribution in [0.5, 0.6) is 0 Å². The van der Waals surface area contributed by atoms with Gasteiger partial charge >= 0.3 is 5.97 Å². The summed E-state index contributed by atoms with van der Waals surface area (Å²) in [5.41, 5.74) is -1.99. The average Bonchev–Trinajstić information content (AvgIpc) is 4.10. The zero-order chi connectivity index (χ0) is 50.7. The molecule has 4 saturated heterocycles. The molecule has 22 heteroatoms. The summed E-state index contributed by atoms with van der Waals surface area (Å²) >= 11 is 0. The molecule has 8 atom stereocenters. The Labute approximate surface area is 399 Å². The first-order valence-electron chi connectivity index (χ1n) is 23.9. The van der Waals surface area contributed by atoms with E-state index in [0.717, 1.165) is 6.42 Å². The van der Waals surface area contributed by atoms with Gasteiger partial charge in [0.2, 0.25) is 47.3 Å². The molecule has 4 heterocycles. The molecule has 0 aromatic carbocycles. The quantitative estimate of drug-likeness (QED) is 0.0797. The fourth-order valence-electron chi connectivity index (χ4n) is 8.42. The van der Waals surface area contributed by atoms with Gasteiger partial charge in [-0.2, -0.15) is 0 Å². The Hall–Kier alpha value is -4.93. The summed E-state index contributed by atoms with van der Waals surface area (Å²) in [5.74, 6) is -5.82. The zero-order valence-corrected chi connectivity index (χ0v) is 41.6. The molecule has 0 saturated carbocycles. The first-order valence-corrected chi connectivity index (χ1v) is 23.9. The Bertz CT molecular complexity index is 1840. The van der Waals surface area contributed by atoms with Gasteiger partial charge in [-0.1, -0.05) is 0 Å². The first kappa shape index (κ1) is 55.7. The van der Waals surface area contributed by atoms with Crippen LogP contribution >= 0.6 is 0 Å². The van der Waals surface area contributed by atoms with Gasteiger partial charge in [-0.3, -0.25) is 38.4 Å². The van der Waals surface area contributed by atoms with E-state index < -0.39 is 119 Å². The van der Waals surface area contributed by atoms with Gasteiger partial charge in [0.1, 0.15) is 36.3 Å². The highest BCUT2D eigenvalue weighted by Crippen LogP contribution is 2.29. The Morgan fingerprint density at radius 1 is 0.574 bits per heavy atom. The second kappa shape index (κ2) is 24.1. The minimum Gasteiger partial charge on any atom is -0.480 e. The molecule has 384 valence electrons. The Morgan fingerprint density at radius 2 is 1.03 bits per heavy atom. The van der Waals surface area contributed by atoms with Gasteiger partial charge in [-0.25, -0.2) is 4.79 Å². The van der Waals surface area contributed by atoms with Crippen LogP contribution in [0.15, 0.2) is 0 Å². The molecule has 0 aromatic rings. The minimum atomic E-state index is -1.33. The van der Waals surface area contributed by atoms with Gasteiger partial charge < -0.3 is 65.9 Å². The number of rotatable bonds is 20. The van der Waals surface area contributed by atoms with E-state index in [1.807, 2.05) is 0 Å². The predicted octanol–water partition coefficient (Wildman–Crippen LogP) is -0.683. The topological polar surface area (TPSA) is 283 Å². The Balaban J connectivity index is 1.35. The number of likely N-dealkylation sites (tertiary alicyclic amines) is 3. The van der Waals surface area contributed by atoms with E-state index in [9.17, 15) is 48.3 Å². The fourth-order valence-corrected chi connectivity index (χ4v) is 8.42. The van der Waals surface area contributed by atoms with E-state index in [1.165, 1.54) is 21.6 Å². The number of carbonyl (C=O) groups is 9. The van der Waals surface area contributed by atoms with Crippen LogP contribution < -0.4 is 31.9 Å². The number of amides is 8. The SMILES string of the molecule is C[C@H](NC(=O)CNC(=O)[C@H](COC(C)(C)C)NC(=O)[C@H](COC(C)(C)C)NC(=O)[C@@H]1CCCN1)C(=O)N1CCC[C@H]1C(=O)N1CCC[C@H]1C(=O)N1CCC[C@H]1C(=O)N[C@@H](COC(C)(C)C)C(=O)O. The molecule has 0 bridgehead atoms.